The van der Waals surface area contributed by atoms with Crippen molar-refractivity contribution in [3.05, 3.63) is 76.0 Å². The second-order valence-corrected chi connectivity index (χ2v) is 7.01. The number of nitrogens with one attached hydrogen (secondary N) is 2. The number of benzene rings is 2. The molecule has 2 N–H and O–H groups in total. The maximum Gasteiger partial charge on any atom is 0.340 e. The predicted octanol–water partition coefficient (Wildman–Crippen LogP) is 1.99. The van der Waals surface area contributed by atoms with Gasteiger partial charge in [-0.3, -0.25) is 14.8 Å². The zero-order valence-corrected chi connectivity index (χ0v) is 14.5. The summed E-state index contributed by atoms with van der Waals surface area (Å²) < 4.78 is 0. The minimum atomic E-state index is -0.238. The first-order chi connectivity index (χ1) is 12.8. The molecule has 6 nitrogen and oxygen atoms in total. The molecule has 0 spiro atoms. The van der Waals surface area contributed by atoms with Gasteiger partial charge in [0.2, 0.25) is 0 Å². The van der Waals surface area contributed by atoms with Crippen molar-refractivity contribution >= 4 is 0 Å². The minimum absolute atomic E-state index is 0.238. The van der Waals surface area contributed by atoms with Crippen molar-refractivity contribution in [1.29, 1.82) is 0 Å². The minimum Gasteiger partial charge on any atom is -0.293 e. The van der Waals surface area contributed by atoms with Gasteiger partial charge >= 0.3 is 5.69 Å². The Balaban J connectivity index is 1.36. The number of piperazine rings is 1. The van der Waals surface area contributed by atoms with Gasteiger partial charge in [-0.15, -0.1) is 0 Å². The molecule has 132 valence electrons. The van der Waals surface area contributed by atoms with Crippen LogP contribution in [0.1, 0.15) is 23.0 Å². The summed E-state index contributed by atoms with van der Waals surface area (Å²) in [6.07, 6.45) is 0. The van der Waals surface area contributed by atoms with Gasteiger partial charge in [0, 0.05) is 26.2 Å². The summed E-state index contributed by atoms with van der Waals surface area (Å²) in [6, 6.07) is 17.9. The Bertz CT molecular complexity index is 938. The number of hydrogen-bond acceptors (Lipinski definition) is 4. The van der Waals surface area contributed by atoms with E-state index in [1.165, 1.54) is 22.3 Å². The Morgan fingerprint density at radius 1 is 0.923 bits per heavy atom. The van der Waals surface area contributed by atoms with Crippen molar-refractivity contribution in [3.63, 3.8) is 0 Å². The maximum atomic E-state index is 11.2. The molecule has 0 bridgehead atoms. The number of nitrogens with zero attached hydrogens (tertiary/aromatic N) is 3. The molecule has 5 rings (SSSR count). The Morgan fingerprint density at radius 3 is 2.12 bits per heavy atom. The predicted molar refractivity (Wildman–Crippen MR) is 99.8 cm³/mol. The lowest BCUT2D eigenvalue weighted by Gasteiger charge is -2.38. The highest BCUT2D eigenvalue weighted by atomic mass is 16.1. The zero-order chi connectivity index (χ0) is 17.5. The fourth-order valence-electron chi connectivity index (χ4n) is 4.29. The molecular formula is C20H21N5O. The van der Waals surface area contributed by atoms with Crippen LogP contribution in [-0.2, 0) is 6.54 Å². The van der Waals surface area contributed by atoms with E-state index in [4.69, 9.17) is 0 Å². The first-order valence-corrected chi connectivity index (χ1v) is 9.08. The van der Waals surface area contributed by atoms with Crippen molar-refractivity contribution in [2.75, 3.05) is 26.2 Å². The van der Waals surface area contributed by atoms with Crippen molar-refractivity contribution in [1.82, 2.24) is 25.0 Å². The number of aromatic nitrogens is 3. The molecule has 6 heteroatoms. The number of rotatable bonds is 3. The third kappa shape index (κ3) is 2.58. The molecule has 2 aromatic carbocycles. The zero-order valence-electron chi connectivity index (χ0n) is 14.5. The second-order valence-electron chi connectivity index (χ2n) is 7.01. The Hall–Kier alpha value is -2.70. The van der Waals surface area contributed by atoms with Gasteiger partial charge in [0.1, 0.15) is 5.82 Å². The van der Waals surface area contributed by atoms with Gasteiger partial charge in [-0.25, -0.2) is 9.89 Å². The highest BCUT2D eigenvalue weighted by molar-refractivity contribution is 5.78. The van der Waals surface area contributed by atoms with E-state index < -0.39 is 0 Å². The van der Waals surface area contributed by atoms with Gasteiger partial charge in [-0.1, -0.05) is 48.5 Å². The van der Waals surface area contributed by atoms with Crippen molar-refractivity contribution < 1.29 is 0 Å². The summed E-state index contributed by atoms with van der Waals surface area (Å²) >= 11 is 0. The van der Waals surface area contributed by atoms with Gasteiger partial charge in [0.15, 0.2) is 0 Å². The van der Waals surface area contributed by atoms with Crippen LogP contribution in [0.15, 0.2) is 53.3 Å². The monoisotopic (exact) mass is 347 g/mol. The van der Waals surface area contributed by atoms with Crippen LogP contribution in [0.4, 0.5) is 0 Å². The third-order valence-electron chi connectivity index (χ3n) is 5.50. The lowest BCUT2D eigenvalue weighted by Crippen LogP contribution is -2.47. The summed E-state index contributed by atoms with van der Waals surface area (Å²) in [5.74, 6) is 0.708. The SMILES string of the molecule is O=c1[nH]nc(CN2CCN(C3c4ccccc4-c4ccccc43)CC2)[nH]1. The van der Waals surface area contributed by atoms with Gasteiger partial charge in [0.05, 0.1) is 12.6 Å². The third-order valence-corrected chi connectivity index (χ3v) is 5.50. The number of aromatic amines is 2. The fraction of sp³-hybridized carbons (Fsp3) is 0.300. The first kappa shape index (κ1) is 15.5. The molecule has 1 aliphatic carbocycles. The van der Waals surface area contributed by atoms with E-state index in [0.717, 1.165) is 26.2 Å². The van der Waals surface area contributed by atoms with E-state index >= 15 is 0 Å². The first-order valence-electron chi connectivity index (χ1n) is 9.08. The van der Waals surface area contributed by atoms with Gasteiger partial charge in [0.25, 0.3) is 0 Å². The van der Waals surface area contributed by atoms with Crippen LogP contribution in [0.25, 0.3) is 11.1 Å². The molecule has 2 aliphatic rings. The summed E-state index contributed by atoms with van der Waals surface area (Å²) in [4.78, 5) is 18.8. The Kier molecular flexibility index (Phi) is 3.72. The summed E-state index contributed by atoms with van der Waals surface area (Å²) in [5, 5.41) is 6.45. The van der Waals surface area contributed by atoms with Gasteiger partial charge in [-0.05, 0) is 22.3 Å². The number of hydrogen-bond donors (Lipinski definition) is 2. The van der Waals surface area contributed by atoms with Crippen molar-refractivity contribution in [3.8, 4) is 11.1 Å². The molecule has 1 saturated heterocycles. The molecular weight excluding hydrogens is 326 g/mol. The van der Waals surface area contributed by atoms with Crippen LogP contribution in [0.3, 0.4) is 0 Å². The van der Waals surface area contributed by atoms with E-state index in [1.807, 2.05) is 0 Å². The quantitative estimate of drug-likeness (QED) is 0.760. The molecule has 3 aromatic rings. The van der Waals surface area contributed by atoms with E-state index in [9.17, 15) is 4.79 Å². The van der Waals surface area contributed by atoms with Crippen LogP contribution in [0, 0.1) is 0 Å². The standard InChI is InChI=1S/C20H21N5O/c26-20-21-18(22-23-20)13-24-9-11-25(12-10-24)19-16-7-3-1-5-14(16)15-6-2-4-8-17(15)19/h1-8,19H,9-13H2,(H2,21,22,23,26). The molecule has 0 atom stereocenters. The van der Waals surface area contributed by atoms with E-state index in [0.29, 0.717) is 18.4 Å². The number of H-pyrrole nitrogens is 2. The summed E-state index contributed by atoms with van der Waals surface area (Å²) in [7, 11) is 0. The highest BCUT2D eigenvalue weighted by Crippen LogP contribution is 2.46. The molecule has 1 aromatic heterocycles. The van der Waals surface area contributed by atoms with Crippen LogP contribution in [0.5, 0.6) is 0 Å². The molecule has 1 aliphatic heterocycles. The average molecular weight is 347 g/mol. The van der Waals surface area contributed by atoms with Crippen molar-refractivity contribution in [2.45, 2.75) is 12.6 Å². The van der Waals surface area contributed by atoms with Crippen LogP contribution in [0.2, 0.25) is 0 Å². The molecule has 2 heterocycles. The Morgan fingerprint density at radius 2 is 1.54 bits per heavy atom. The lowest BCUT2D eigenvalue weighted by atomic mass is 10.0. The largest absolute Gasteiger partial charge is 0.340 e. The second kappa shape index (κ2) is 6.23. The summed E-state index contributed by atoms with van der Waals surface area (Å²) in [5.41, 5.74) is 5.32. The highest BCUT2D eigenvalue weighted by Gasteiger charge is 2.34. The normalized spacial score (nSPS) is 18.0. The van der Waals surface area contributed by atoms with E-state index in [-0.39, 0.29) is 5.69 Å². The smallest absolute Gasteiger partial charge is 0.293 e. The Labute approximate surface area is 151 Å². The number of fused-ring (bicyclic) bond motifs is 3. The maximum absolute atomic E-state index is 11.2. The molecule has 0 amide bonds. The van der Waals surface area contributed by atoms with Gasteiger partial charge in [-0.2, -0.15) is 5.10 Å². The molecule has 26 heavy (non-hydrogen) atoms. The molecule has 0 unspecified atom stereocenters. The van der Waals surface area contributed by atoms with Crippen LogP contribution in [-0.4, -0.2) is 51.2 Å². The van der Waals surface area contributed by atoms with E-state index in [1.54, 1.807) is 0 Å². The molecule has 0 saturated carbocycles. The summed E-state index contributed by atoms with van der Waals surface area (Å²) in [6.45, 7) is 4.62. The molecule has 1 fully saturated rings. The van der Waals surface area contributed by atoms with Crippen molar-refractivity contribution in [2.24, 2.45) is 0 Å². The average Bonchev–Trinajstić information content (AvgIpc) is 3.23. The van der Waals surface area contributed by atoms with E-state index in [2.05, 4.69) is 73.5 Å². The molecule has 0 radical (unpaired) electrons. The topological polar surface area (TPSA) is 68.0 Å². The van der Waals surface area contributed by atoms with Crippen LogP contribution < -0.4 is 5.69 Å². The fourth-order valence-corrected chi connectivity index (χ4v) is 4.29. The lowest BCUT2D eigenvalue weighted by molar-refractivity contribution is 0.104. The van der Waals surface area contributed by atoms with Gasteiger partial charge < -0.3 is 0 Å². The van der Waals surface area contributed by atoms with Crippen LogP contribution >= 0.6 is 0 Å².